The first-order valence-corrected chi connectivity index (χ1v) is 5.12. The molecule has 0 aromatic heterocycles. The number of benzene rings is 1. The van der Waals surface area contributed by atoms with Gasteiger partial charge in [-0.2, -0.15) is 0 Å². The van der Waals surface area contributed by atoms with E-state index in [1.807, 2.05) is 31.2 Å². The molecule has 1 aliphatic heterocycles. The van der Waals surface area contributed by atoms with Crippen molar-refractivity contribution >= 4 is 0 Å². The Morgan fingerprint density at radius 3 is 2.67 bits per heavy atom. The molecule has 0 fully saturated rings. The maximum absolute atomic E-state index is 9.32. The van der Waals surface area contributed by atoms with Crippen LogP contribution >= 0.6 is 0 Å². The lowest BCUT2D eigenvalue weighted by atomic mass is 10.1. The van der Waals surface area contributed by atoms with E-state index in [-0.39, 0.29) is 0 Å². The number of allylic oxidation sites excluding steroid dienone is 2. The topological polar surface area (TPSA) is 23.5 Å². The maximum Gasteiger partial charge on any atom is 0.115 e. The van der Waals surface area contributed by atoms with Crippen molar-refractivity contribution in [1.29, 1.82) is 0 Å². The van der Waals surface area contributed by atoms with Crippen LogP contribution in [0, 0.1) is 0 Å². The molecule has 0 saturated heterocycles. The van der Waals surface area contributed by atoms with Crippen LogP contribution in [0.4, 0.5) is 0 Å². The van der Waals surface area contributed by atoms with Gasteiger partial charge in [0.05, 0.1) is 0 Å². The van der Waals surface area contributed by atoms with Gasteiger partial charge in [-0.3, -0.25) is 0 Å². The zero-order chi connectivity index (χ0) is 10.7. The first-order chi connectivity index (χ1) is 7.25. The van der Waals surface area contributed by atoms with E-state index in [1.165, 1.54) is 5.56 Å². The number of hydrogen-bond donors (Lipinski definition) is 1. The van der Waals surface area contributed by atoms with E-state index in [0.717, 1.165) is 18.8 Å². The van der Waals surface area contributed by atoms with Crippen LogP contribution in [0.1, 0.15) is 12.5 Å². The second-order valence-corrected chi connectivity index (χ2v) is 3.78. The largest absolute Gasteiger partial charge is 0.508 e. The summed E-state index contributed by atoms with van der Waals surface area (Å²) in [5.74, 6) is 0.372. The van der Waals surface area contributed by atoms with Crippen LogP contribution < -0.4 is 0 Å². The fraction of sp³-hybridized carbons (Fsp3) is 0.231. The molecule has 1 aliphatic rings. The number of rotatable bonds is 2. The second kappa shape index (κ2) is 4.22. The van der Waals surface area contributed by atoms with Gasteiger partial charge < -0.3 is 10.0 Å². The molecule has 78 valence electrons. The number of aliphatic hydroxyl groups is 1. The van der Waals surface area contributed by atoms with Gasteiger partial charge in [-0.05, 0) is 24.6 Å². The summed E-state index contributed by atoms with van der Waals surface area (Å²) >= 11 is 0. The first kappa shape index (κ1) is 9.84. The van der Waals surface area contributed by atoms with Crippen LogP contribution in [-0.2, 0) is 6.54 Å². The van der Waals surface area contributed by atoms with Gasteiger partial charge in [-0.25, -0.2) is 0 Å². The Morgan fingerprint density at radius 2 is 2.00 bits per heavy atom. The molecule has 1 heterocycles. The molecule has 2 rings (SSSR count). The number of nitrogens with zero attached hydrogens (tertiary/aromatic N) is 1. The predicted octanol–water partition coefficient (Wildman–Crippen LogP) is 2.85. The Kier molecular flexibility index (Phi) is 2.77. The molecular formula is C13H15NO. The van der Waals surface area contributed by atoms with Crippen LogP contribution in [0.15, 0.2) is 53.9 Å². The minimum absolute atomic E-state index is 0.372. The highest BCUT2D eigenvalue weighted by molar-refractivity contribution is 5.23. The van der Waals surface area contributed by atoms with E-state index in [1.54, 1.807) is 6.08 Å². The molecule has 15 heavy (non-hydrogen) atoms. The SMILES string of the molecule is CC1=CC(O)=CCN1Cc1ccccc1. The van der Waals surface area contributed by atoms with E-state index < -0.39 is 0 Å². The normalized spacial score (nSPS) is 15.9. The van der Waals surface area contributed by atoms with E-state index in [2.05, 4.69) is 17.0 Å². The fourth-order valence-electron chi connectivity index (χ4n) is 1.71. The Morgan fingerprint density at radius 1 is 1.27 bits per heavy atom. The molecule has 0 unspecified atom stereocenters. The third kappa shape index (κ3) is 2.40. The van der Waals surface area contributed by atoms with Gasteiger partial charge in [0.2, 0.25) is 0 Å². The van der Waals surface area contributed by atoms with Gasteiger partial charge in [0.25, 0.3) is 0 Å². The summed E-state index contributed by atoms with van der Waals surface area (Å²) < 4.78 is 0. The average Bonchev–Trinajstić information content (AvgIpc) is 2.24. The van der Waals surface area contributed by atoms with Crippen molar-refractivity contribution < 1.29 is 5.11 Å². The molecule has 0 amide bonds. The first-order valence-electron chi connectivity index (χ1n) is 5.12. The third-order valence-corrected chi connectivity index (χ3v) is 2.59. The van der Waals surface area contributed by atoms with E-state index in [4.69, 9.17) is 0 Å². The molecule has 2 nitrogen and oxygen atoms in total. The average molecular weight is 201 g/mol. The van der Waals surface area contributed by atoms with E-state index >= 15 is 0 Å². The minimum atomic E-state index is 0.372. The minimum Gasteiger partial charge on any atom is -0.508 e. The molecule has 0 atom stereocenters. The number of hydrogen-bond acceptors (Lipinski definition) is 2. The molecule has 0 bridgehead atoms. The van der Waals surface area contributed by atoms with Crippen molar-refractivity contribution in [3.63, 3.8) is 0 Å². The monoisotopic (exact) mass is 201 g/mol. The Bertz CT molecular complexity index is 392. The Balaban J connectivity index is 2.06. The van der Waals surface area contributed by atoms with Crippen molar-refractivity contribution in [2.75, 3.05) is 6.54 Å². The van der Waals surface area contributed by atoms with Gasteiger partial charge >= 0.3 is 0 Å². The highest BCUT2D eigenvalue weighted by Gasteiger charge is 2.09. The highest BCUT2D eigenvalue weighted by atomic mass is 16.3. The third-order valence-electron chi connectivity index (χ3n) is 2.59. The molecule has 1 N–H and O–H groups in total. The predicted molar refractivity (Wildman–Crippen MR) is 61.3 cm³/mol. The number of aliphatic hydroxyl groups excluding tert-OH is 1. The van der Waals surface area contributed by atoms with Crippen LogP contribution in [0.3, 0.4) is 0 Å². The summed E-state index contributed by atoms with van der Waals surface area (Å²) in [5.41, 5.74) is 2.40. The maximum atomic E-state index is 9.32. The molecule has 0 aliphatic carbocycles. The van der Waals surface area contributed by atoms with E-state index in [9.17, 15) is 5.11 Å². The van der Waals surface area contributed by atoms with E-state index in [0.29, 0.717) is 5.76 Å². The molecule has 0 spiro atoms. The van der Waals surface area contributed by atoms with Crippen molar-refractivity contribution in [2.45, 2.75) is 13.5 Å². The highest BCUT2D eigenvalue weighted by Crippen LogP contribution is 2.16. The molecule has 1 aromatic carbocycles. The van der Waals surface area contributed by atoms with Crippen LogP contribution in [0.5, 0.6) is 0 Å². The summed E-state index contributed by atoms with van der Waals surface area (Å²) in [7, 11) is 0. The molecule has 0 radical (unpaired) electrons. The lowest BCUT2D eigenvalue weighted by molar-refractivity contribution is 0.343. The van der Waals surface area contributed by atoms with Crippen molar-refractivity contribution in [3.05, 3.63) is 59.5 Å². The molecule has 0 saturated carbocycles. The van der Waals surface area contributed by atoms with Gasteiger partial charge in [0.15, 0.2) is 0 Å². The van der Waals surface area contributed by atoms with Crippen molar-refractivity contribution in [3.8, 4) is 0 Å². The lowest BCUT2D eigenvalue weighted by Crippen LogP contribution is -2.24. The fourth-order valence-corrected chi connectivity index (χ4v) is 1.71. The summed E-state index contributed by atoms with van der Waals surface area (Å²) in [6.07, 6.45) is 3.63. The zero-order valence-electron chi connectivity index (χ0n) is 8.85. The van der Waals surface area contributed by atoms with Crippen LogP contribution in [0.25, 0.3) is 0 Å². The van der Waals surface area contributed by atoms with Crippen LogP contribution in [-0.4, -0.2) is 16.6 Å². The zero-order valence-corrected chi connectivity index (χ0v) is 8.85. The van der Waals surface area contributed by atoms with Crippen molar-refractivity contribution in [1.82, 2.24) is 4.90 Å². The quantitative estimate of drug-likeness (QED) is 0.795. The van der Waals surface area contributed by atoms with Crippen LogP contribution in [0.2, 0.25) is 0 Å². The lowest BCUT2D eigenvalue weighted by Gasteiger charge is -2.26. The van der Waals surface area contributed by atoms with Gasteiger partial charge in [-0.15, -0.1) is 0 Å². The molecule has 2 heteroatoms. The second-order valence-electron chi connectivity index (χ2n) is 3.78. The molecular weight excluding hydrogens is 186 g/mol. The Labute approximate surface area is 90.2 Å². The summed E-state index contributed by atoms with van der Waals surface area (Å²) in [6, 6.07) is 10.3. The smallest absolute Gasteiger partial charge is 0.115 e. The summed E-state index contributed by atoms with van der Waals surface area (Å²) in [4.78, 5) is 2.23. The summed E-state index contributed by atoms with van der Waals surface area (Å²) in [5, 5.41) is 9.32. The molecule has 1 aromatic rings. The van der Waals surface area contributed by atoms with Gasteiger partial charge in [0, 0.05) is 18.8 Å². The van der Waals surface area contributed by atoms with Gasteiger partial charge in [-0.1, -0.05) is 30.3 Å². The standard InChI is InChI=1S/C13H15NO/c1-11-9-13(15)7-8-14(11)10-12-5-3-2-4-6-12/h2-7,9,15H,8,10H2,1H3. The summed E-state index contributed by atoms with van der Waals surface area (Å²) in [6.45, 7) is 3.70. The van der Waals surface area contributed by atoms with Crippen molar-refractivity contribution in [2.24, 2.45) is 0 Å². The Hall–Kier alpha value is -1.70. The van der Waals surface area contributed by atoms with Gasteiger partial charge in [0.1, 0.15) is 5.76 Å².